The Bertz CT molecular complexity index is 4540. The Morgan fingerprint density at radius 2 is 1.16 bits per heavy atom. The van der Waals surface area contributed by atoms with Crippen LogP contribution >= 0.6 is 11.6 Å². The average Bonchev–Trinajstić information content (AvgIpc) is 1.54. The molecule has 100 heavy (non-hydrogen) atoms. The summed E-state index contributed by atoms with van der Waals surface area (Å²) in [5.74, 6) is -0.315. The number of halogens is 4. The van der Waals surface area contributed by atoms with Crippen LogP contribution in [0.3, 0.4) is 0 Å². The van der Waals surface area contributed by atoms with E-state index >= 15 is 0 Å². The van der Waals surface area contributed by atoms with Crippen molar-refractivity contribution in [1.29, 1.82) is 0 Å². The Kier molecular flexibility index (Phi) is 26.9. The molecule has 0 N–H and O–H groups in total. The molecule has 0 unspecified atom stereocenters. The second-order valence-corrected chi connectivity index (χ2v) is 32.8. The maximum absolute atomic E-state index is 13.8. The Hall–Kier alpha value is -8.03. The van der Waals surface area contributed by atoms with Gasteiger partial charge in [-0.1, -0.05) is 193 Å². The molecule has 0 spiro atoms. The zero-order valence-electron chi connectivity index (χ0n) is 65.1. The minimum Gasteiger partial charge on any atom is -0.275 e. The number of benzene rings is 4. The largest absolute Gasteiger partial charge is 0.275 e. The molecule has 0 bridgehead atoms. The normalized spacial score (nSPS) is 13.1. The van der Waals surface area contributed by atoms with Gasteiger partial charge in [-0.05, 0) is 181 Å². The molecule has 0 saturated heterocycles. The number of aryl methyl sites for hydroxylation is 6. The molecule has 7 heterocycles. The van der Waals surface area contributed by atoms with E-state index in [0.29, 0.717) is 5.52 Å². The van der Waals surface area contributed by atoms with Gasteiger partial charge >= 0.3 is 0 Å². The van der Waals surface area contributed by atoms with Gasteiger partial charge in [0.05, 0.1) is 40.4 Å². The van der Waals surface area contributed by atoms with E-state index in [0.717, 1.165) is 85.4 Å². The second kappa shape index (κ2) is 33.2. The van der Waals surface area contributed by atoms with Crippen LogP contribution in [-0.2, 0) is 46.1 Å². The highest BCUT2D eigenvalue weighted by Crippen LogP contribution is 2.46. The quantitative estimate of drug-likeness (QED) is 0.173. The molecule has 7 aromatic heterocycles. The van der Waals surface area contributed by atoms with Crippen LogP contribution in [0.2, 0.25) is 5.02 Å². The van der Waals surface area contributed by atoms with Crippen LogP contribution in [0, 0.1) is 45.1 Å². The lowest BCUT2D eigenvalue weighted by atomic mass is 9.81. The minimum absolute atomic E-state index is 0.000926. The standard InChI is InChI=1S/C15H19N.C14H16FN.C13H14ClN.C13H13F2N.C13H20N2.C10H18N2.C6H8N2.C2H6/c1-10-6-9-13-12(8-7-11(2)16-13)14(10)15(3,4)5;1-9-8-11(15)13-10(6-5-7-16-13)12(9)14(2,3)4;1-13(2,3)12-11-9(7-8-15-12)5-4-6-10(11)14;1-13(2,3)8-6-7-16-12-10(15)5-4-9(14)11(8)12;1-13(2,3)12-11(9-4-5-9)8-15(14-12)10-6-7-10;1-6-12-9(10(3,4)5)8(2)7-11-12;1-3-6-4-7-8(2)5-6;1-2/h6-9H,1-5H3;5-8H,1-4H3;4-8H,1-3H3;4-7H,1-3H3;8-10H,4-7H2,1-3H3;7H,6H2,1-5H3;3-5H,1H2,2H3;1-2H3. The van der Waals surface area contributed by atoms with E-state index in [9.17, 15) is 13.2 Å². The fraction of sp³-hybridized carbons (Fsp3) is 0.453. The lowest BCUT2D eigenvalue weighted by molar-refractivity contribution is 0.495. The van der Waals surface area contributed by atoms with Gasteiger partial charge in [-0.3, -0.25) is 34.0 Å². The van der Waals surface area contributed by atoms with E-state index < -0.39 is 11.6 Å². The predicted molar refractivity (Wildman–Crippen MR) is 418 cm³/mol. The lowest BCUT2D eigenvalue weighted by Crippen LogP contribution is -2.19. The third-order valence-electron chi connectivity index (χ3n) is 17.2. The minimum atomic E-state index is -0.484. The van der Waals surface area contributed by atoms with Crippen molar-refractivity contribution in [2.45, 2.75) is 250 Å². The van der Waals surface area contributed by atoms with Gasteiger partial charge in [0.1, 0.15) is 28.5 Å². The summed E-state index contributed by atoms with van der Waals surface area (Å²) in [5.41, 5.74) is 16.5. The molecule has 2 fully saturated rings. The van der Waals surface area contributed by atoms with Crippen molar-refractivity contribution >= 4 is 61.2 Å². The highest BCUT2D eigenvalue weighted by atomic mass is 35.5. The molecule has 2 saturated carbocycles. The smallest absolute Gasteiger partial charge is 0.149 e. The average molecular weight is 1380 g/mol. The number of nitrogens with zero attached hydrogens (tertiary/aromatic N) is 10. The fourth-order valence-electron chi connectivity index (χ4n) is 12.8. The van der Waals surface area contributed by atoms with Crippen molar-refractivity contribution in [2.24, 2.45) is 7.05 Å². The summed E-state index contributed by atoms with van der Waals surface area (Å²) in [7, 11) is 1.88. The number of aromatic nitrogens is 10. The van der Waals surface area contributed by atoms with Crippen molar-refractivity contribution < 1.29 is 13.2 Å². The van der Waals surface area contributed by atoms with Crippen LogP contribution < -0.4 is 0 Å². The molecule has 0 radical (unpaired) electrons. The Labute approximate surface area is 601 Å². The van der Waals surface area contributed by atoms with Crippen LogP contribution in [0.25, 0.3) is 49.6 Å². The van der Waals surface area contributed by atoms with Crippen molar-refractivity contribution in [3.63, 3.8) is 0 Å². The third-order valence-corrected chi connectivity index (χ3v) is 17.5. The zero-order valence-corrected chi connectivity index (χ0v) is 65.8. The summed E-state index contributed by atoms with van der Waals surface area (Å²) in [6.07, 6.45) is 20.1. The molecular formula is C86H114ClF3N10. The molecule has 0 atom stereocenters. The van der Waals surface area contributed by atoms with Gasteiger partial charge in [0.15, 0.2) is 0 Å². The van der Waals surface area contributed by atoms with E-state index in [-0.39, 0.29) is 49.2 Å². The van der Waals surface area contributed by atoms with Crippen molar-refractivity contribution in [3.05, 3.63) is 225 Å². The zero-order chi connectivity index (χ0) is 74.8. The summed E-state index contributed by atoms with van der Waals surface area (Å²) in [6, 6.07) is 26.6. The molecule has 14 heteroatoms. The van der Waals surface area contributed by atoms with Gasteiger partial charge in [-0.25, -0.2) is 13.2 Å². The molecule has 0 amide bonds. The Morgan fingerprint density at radius 1 is 0.550 bits per heavy atom. The predicted octanol–water partition coefficient (Wildman–Crippen LogP) is 24.1. The van der Waals surface area contributed by atoms with Crippen molar-refractivity contribution in [3.8, 4) is 0 Å². The summed E-state index contributed by atoms with van der Waals surface area (Å²) < 4.78 is 47.1. The number of hydrogen-bond donors (Lipinski definition) is 0. The molecule has 0 aliphatic heterocycles. The number of rotatable bonds is 4. The topological polar surface area (TPSA) is 105 Å². The third kappa shape index (κ3) is 21.0. The first-order valence-electron chi connectivity index (χ1n) is 35.5. The van der Waals surface area contributed by atoms with Gasteiger partial charge in [-0.2, -0.15) is 15.3 Å². The van der Waals surface area contributed by atoms with E-state index in [2.05, 4.69) is 207 Å². The first-order valence-corrected chi connectivity index (χ1v) is 35.9. The second-order valence-electron chi connectivity index (χ2n) is 32.4. The molecule has 536 valence electrons. The van der Waals surface area contributed by atoms with Gasteiger partial charge < -0.3 is 0 Å². The SMILES string of the molecule is C=Cc1cnn(C)c1.CC.CC(C)(C)c1ccnc2c(F)ccc(F)c12.CC(C)(C)c1nccc2cccc(Cl)c12.CC(C)(C)c1nn(C2CC2)cc1C1CC1.CCn1ncc(C)c1C(C)(C)C.Cc1cc(F)c2ncccc2c1C(C)(C)C.Cc1ccc2c(C(C)(C)C)c(C)ccc2n1. The highest BCUT2D eigenvalue weighted by Gasteiger charge is 2.35. The number of fused-ring (bicyclic) bond motifs is 4. The van der Waals surface area contributed by atoms with Crippen LogP contribution in [-0.4, -0.2) is 49.3 Å². The van der Waals surface area contributed by atoms with Crippen LogP contribution in [0.1, 0.15) is 250 Å². The van der Waals surface area contributed by atoms with E-state index in [1.165, 1.54) is 76.5 Å². The van der Waals surface area contributed by atoms with Gasteiger partial charge in [0.25, 0.3) is 0 Å². The summed E-state index contributed by atoms with van der Waals surface area (Å²) in [4.78, 5) is 17.1. The Balaban J connectivity index is 0.000000184. The van der Waals surface area contributed by atoms with Crippen LogP contribution in [0.5, 0.6) is 0 Å². The molecule has 2 aliphatic carbocycles. The number of pyridine rings is 4. The molecule has 11 aromatic rings. The number of hydrogen-bond acceptors (Lipinski definition) is 7. The maximum Gasteiger partial charge on any atom is 0.149 e. The van der Waals surface area contributed by atoms with Crippen LogP contribution in [0.4, 0.5) is 13.2 Å². The van der Waals surface area contributed by atoms with E-state index in [1.54, 1.807) is 35.3 Å². The van der Waals surface area contributed by atoms with Crippen LogP contribution in [0.15, 0.2) is 135 Å². The van der Waals surface area contributed by atoms with Gasteiger partial charge in [-0.15, -0.1) is 0 Å². The van der Waals surface area contributed by atoms with Crippen molar-refractivity contribution in [2.75, 3.05) is 0 Å². The summed E-state index contributed by atoms with van der Waals surface area (Å²) >= 11 is 6.23. The maximum atomic E-state index is 13.8. The van der Waals surface area contributed by atoms with Gasteiger partial charge in [0, 0.05) is 99.3 Å². The van der Waals surface area contributed by atoms with E-state index in [1.807, 2.05) is 104 Å². The van der Waals surface area contributed by atoms with Gasteiger partial charge in [0.2, 0.25) is 0 Å². The monoisotopic (exact) mass is 1380 g/mol. The molecule has 2 aliphatic rings. The van der Waals surface area contributed by atoms with Crippen molar-refractivity contribution in [1.82, 2.24) is 49.3 Å². The highest BCUT2D eigenvalue weighted by molar-refractivity contribution is 6.35. The summed E-state index contributed by atoms with van der Waals surface area (Å²) in [6.45, 7) is 58.0. The molecule has 4 aromatic carbocycles. The fourth-order valence-corrected chi connectivity index (χ4v) is 13.0. The Morgan fingerprint density at radius 3 is 1.69 bits per heavy atom. The first-order chi connectivity index (χ1) is 46.6. The lowest BCUT2D eigenvalue weighted by Gasteiger charge is -2.23. The van der Waals surface area contributed by atoms with E-state index in [4.69, 9.17) is 16.7 Å². The first kappa shape index (κ1) is 80.9. The summed E-state index contributed by atoms with van der Waals surface area (Å²) in [5, 5.41) is 18.6. The molecule has 13 rings (SSSR count). The molecular weight excluding hydrogens is 1270 g/mol. The molecule has 10 nitrogen and oxygen atoms in total.